The number of carbonyl (C=O) groups excluding carboxylic acids is 2. The van der Waals surface area contributed by atoms with E-state index in [9.17, 15) is 9.59 Å². The molecule has 1 aliphatic carbocycles. The van der Waals surface area contributed by atoms with Crippen LogP contribution in [0.2, 0.25) is 0 Å². The molecule has 1 aromatic rings. The van der Waals surface area contributed by atoms with Crippen molar-refractivity contribution >= 4 is 29.1 Å². The van der Waals surface area contributed by atoms with Gasteiger partial charge in [-0.1, -0.05) is 36.9 Å². The third-order valence-electron chi connectivity index (χ3n) is 4.34. The summed E-state index contributed by atoms with van der Waals surface area (Å²) >= 11 is 6.13. The number of benzene rings is 1. The molecule has 23 heavy (non-hydrogen) atoms. The van der Waals surface area contributed by atoms with E-state index >= 15 is 0 Å². The number of halogens is 1. The first-order valence-electron chi connectivity index (χ1n) is 7.80. The van der Waals surface area contributed by atoms with Crippen LogP contribution in [0.3, 0.4) is 0 Å². The Kier molecular flexibility index (Phi) is 4.57. The van der Waals surface area contributed by atoms with E-state index in [4.69, 9.17) is 16.3 Å². The number of imide groups is 1. The lowest BCUT2D eigenvalue weighted by atomic mass is 9.94. The van der Waals surface area contributed by atoms with E-state index < -0.39 is 5.91 Å². The zero-order chi connectivity index (χ0) is 16.4. The zero-order valence-electron chi connectivity index (χ0n) is 13.0. The number of ether oxygens (including phenoxy) is 1. The Balaban J connectivity index is 1.81. The minimum Gasteiger partial charge on any atom is -0.497 e. The predicted octanol–water partition coefficient (Wildman–Crippen LogP) is 3.26. The van der Waals surface area contributed by atoms with Crippen LogP contribution in [0.15, 0.2) is 35.0 Å². The summed E-state index contributed by atoms with van der Waals surface area (Å²) in [7, 11) is 1.57. The van der Waals surface area contributed by atoms with Gasteiger partial charge in [0.2, 0.25) is 0 Å². The van der Waals surface area contributed by atoms with Gasteiger partial charge < -0.3 is 10.1 Å². The van der Waals surface area contributed by atoms with E-state index in [-0.39, 0.29) is 22.7 Å². The maximum absolute atomic E-state index is 12.7. The van der Waals surface area contributed by atoms with E-state index in [0.29, 0.717) is 11.4 Å². The third kappa shape index (κ3) is 3.06. The molecule has 5 nitrogen and oxygen atoms in total. The molecule has 0 bridgehead atoms. The van der Waals surface area contributed by atoms with Crippen molar-refractivity contribution in [1.29, 1.82) is 0 Å². The van der Waals surface area contributed by atoms with E-state index in [1.807, 2.05) is 0 Å². The molecule has 1 fully saturated rings. The van der Waals surface area contributed by atoms with Crippen LogP contribution >= 0.6 is 11.6 Å². The molecule has 0 aromatic heterocycles. The van der Waals surface area contributed by atoms with Crippen molar-refractivity contribution in [1.82, 2.24) is 4.90 Å². The van der Waals surface area contributed by atoms with Crippen molar-refractivity contribution < 1.29 is 14.3 Å². The van der Waals surface area contributed by atoms with Gasteiger partial charge in [-0.25, -0.2) is 0 Å². The normalized spacial score (nSPS) is 19.5. The van der Waals surface area contributed by atoms with Gasteiger partial charge >= 0.3 is 0 Å². The molecular weight excluding hydrogens is 316 g/mol. The summed E-state index contributed by atoms with van der Waals surface area (Å²) in [4.78, 5) is 26.4. The molecule has 2 amide bonds. The van der Waals surface area contributed by atoms with Crippen LogP contribution in [-0.2, 0) is 9.59 Å². The van der Waals surface area contributed by atoms with Gasteiger partial charge in [-0.15, -0.1) is 0 Å². The largest absolute Gasteiger partial charge is 0.497 e. The summed E-state index contributed by atoms with van der Waals surface area (Å²) in [5, 5.41) is 2.93. The molecule has 0 spiro atoms. The van der Waals surface area contributed by atoms with Crippen LogP contribution in [-0.4, -0.2) is 29.9 Å². The second-order valence-corrected chi connectivity index (χ2v) is 6.20. The summed E-state index contributed by atoms with van der Waals surface area (Å²) in [5.74, 6) is -0.0729. The van der Waals surface area contributed by atoms with Crippen LogP contribution in [0.1, 0.15) is 32.1 Å². The summed E-state index contributed by atoms with van der Waals surface area (Å²) in [6, 6.07) is 7.10. The quantitative estimate of drug-likeness (QED) is 0.859. The van der Waals surface area contributed by atoms with Gasteiger partial charge in [0, 0.05) is 17.8 Å². The van der Waals surface area contributed by atoms with Crippen molar-refractivity contribution in [2.45, 2.75) is 38.1 Å². The Morgan fingerprint density at radius 1 is 1.17 bits per heavy atom. The Morgan fingerprint density at radius 2 is 1.91 bits per heavy atom. The first-order chi connectivity index (χ1) is 11.1. The first-order valence-corrected chi connectivity index (χ1v) is 8.18. The van der Waals surface area contributed by atoms with Crippen molar-refractivity contribution in [3.63, 3.8) is 0 Å². The number of rotatable bonds is 4. The zero-order valence-corrected chi connectivity index (χ0v) is 13.7. The SMILES string of the molecule is COc1cccc(NC2=C(Cl)C(=O)N(C3CCCCC3)C2=O)c1. The standard InChI is InChI=1S/C17H19ClN2O3/c1-23-13-9-5-6-11(10-13)19-15-14(18)16(21)20(17(15)22)12-7-3-2-4-8-12/h5-6,9-10,12,19H,2-4,7-8H2,1H3. The lowest BCUT2D eigenvalue weighted by Gasteiger charge is -2.29. The summed E-state index contributed by atoms with van der Waals surface area (Å²) in [6.45, 7) is 0. The number of nitrogens with one attached hydrogen (secondary N) is 1. The number of nitrogens with zero attached hydrogens (tertiary/aromatic N) is 1. The second kappa shape index (κ2) is 6.62. The highest BCUT2D eigenvalue weighted by molar-refractivity contribution is 6.48. The molecule has 0 radical (unpaired) electrons. The highest BCUT2D eigenvalue weighted by Gasteiger charge is 2.42. The molecule has 0 saturated heterocycles. The van der Waals surface area contributed by atoms with Crippen LogP contribution in [0.25, 0.3) is 0 Å². The molecular formula is C17H19ClN2O3. The Morgan fingerprint density at radius 3 is 2.61 bits per heavy atom. The fourth-order valence-corrected chi connectivity index (χ4v) is 3.36. The van der Waals surface area contributed by atoms with Crippen LogP contribution in [0, 0.1) is 0 Å². The van der Waals surface area contributed by atoms with Gasteiger partial charge in [0.05, 0.1) is 7.11 Å². The van der Waals surface area contributed by atoms with Crippen LogP contribution in [0.5, 0.6) is 5.75 Å². The number of hydrogen-bond acceptors (Lipinski definition) is 4. The molecule has 2 aliphatic rings. The number of methoxy groups -OCH3 is 1. The predicted molar refractivity (Wildman–Crippen MR) is 88.2 cm³/mol. The highest BCUT2D eigenvalue weighted by atomic mass is 35.5. The Hall–Kier alpha value is -2.01. The molecule has 1 aliphatic heterocycles. The second-order valence-electron chi connectivity index (χ2n) is 5.82. The maximum Gasteiger partial charge on any atom is 0.279 e. The lowest BCUT2D eigenvalue weighted by molar-refractivity contribution is -0.140. The topological polar surface area (TPSA) is 58.6 Å². The van der Waals surface area contributed by atoms with Gasteiger partial charge in [-0.2, -0.15) is 0 Å². The fourth-order valence-electron chi connectivity index (χ4n) is 3.14. The minimum atomic E-state index is -0.394. The van der Waals surface area contributed by atoms with Gasteiger partial charge in [0.15, 0.2) is 0 Å². The van der Waals surface area contributed by atoms with Crippen molar-refractivity contribution in [2.75, 3.05) is 12.4 Å². The summed E-state index contributed by atoms with van der Waals surface area (Å²) < 4.78 is 5.16. The Labute approximate surface area is 140 Å². The molecule has 1 aromatic carbocycles. The smallest absolute Gasteiger partial charge is 0.279 e. The van der Waals surface area contributed by atoms with Crippen molar-refractivity contribution in [2.24, 2.45) is 0 Å². The average molecular weight is 335 g/mol. The molecule has 3 rings (SSSR count). The molecule has 0 unspecified atom stereocenters. The van der Waals surface area contributed by atoms with Crippen molar-refractivity contribution in [3.05, 3.63) is 35.0 Å². The average Bonchev–Trinajstić information content (AvgIpc) is 2.79. The lowest BCUT2D eigenvalue weighted by Crippen LogP contribution is -2.42. The van der Waals surface area contributed by atoms with Crippen LogP contribution in [0.4, 0.5) is 5.69 Å². The molecule has 0 atom stereocenters. The highest BCUT2D eigenvalue weighted by Crippen LogP contribution is 2.32. The third-order valence-corrected chi connectivity index (χ3v) is 4.69. The summed E-state index contributed by atoms with van der Waals surface area (Å²) in [6.07, 6.45) is 4.95. The molecule has 1 N–H and O–H groups in total. The molecule has 1 saturated carbocycles. The minimum absolute atomic E-state index is 0.0385. The van der Waals surface area contributed by atoms with Gasteiger partial charge in [0.25, 0.3) is 11.8 Å². The number of hydrogen-bond donors (Lipinski definition) is 1. The van der Waals surface area contributed by atoms with Gasteiger partial charge in [0.1, 0.15) is 16.5 Å². The fraction of sp³-hybridized carbons (Fsp3) is 0.412. The van der Waals surface area contributed by atoms with Crippen LogP contribution < -0.4 is 10.1 Å². The monoisotopic (exact) mass is 334 g/mol. The molecule has 1 heterocycles. The van der Waals surface area contributed by atoms with Gasteiger partial charge in [-0.05, 0) is 25.0 Å². The molecule has 122 valence electrons. The van der Waals surface area contributed by atoms with E-state index in [1.165, 1.54) is 4.90 Å². The maximum atomic E-state index is 12.7. The summed E-state index contributed by atoms with van der Waals surface area (Å²) in [5.41, 5.74) is 0.805. The van der Waals surface area contributed by atoms with Crippen molar-refractivity contribution in [3.8, 4) is 5.75 Å². The number of anilines is 1. The molecule has 6 heteroatoms. The Bertz CT molecular complexity index is 666. The van der Waals surface area contributed by atoms with E-state index in [2.05, 4.69) is 5.32 Å². The van der Waals surface area contributed by atoms with Gasteiger partial charge in [-0.3, -0.25) is 14.5 Å². The first kappa shape index (κ1) is 15.9. The number of amides is 2. The van der Waals surface area contributed by atoms with E-state index in [0.717, 1.165) is 32.1 Å². The number of carbonyl (C=O) groups is 2. The van der Waals surface area contributed by atoms with E-state index in [1.54, 1.807) is 31.4 Å².